The van der Waals surface area contributed by atoms with Crippen LogP contribution in [0.2, 0.25) is 0 Å². The summed E-state index contributed by atoms with van der Waals surface area (Å²) in [5.41, 5.74) is 2.31. The minimum atomic E-state index is -0.0792. The number of carbonyl (C=O) groups excluding carboxylic acids is 2. The minimum absolute atomic E-state index is 0. The Balaban J connectivity index is 0.00000341. The van der Waals surface area contributed by atoms with E-state index < -0.39 is 0 Å². The molecule has 1 N–H and O–H groups in total. The topological polar surface area (TPSA) is 74.2 Å². The summed E-state index contributed by atoms with van der Waals surface area (Å²) in [6.07, 6.45) is 3.19. The molecule has 2 aliphatic heterocycles. The fourth-order valence-corrected chi connectivity index (χ4v) is 4.12. The van der Waals surface area contributed by atoms with Gasteiger partial charge in [-0.05, 0) is 44.2 Å². The maximum Gasteiger partial charge on any atom is 0.309 e. The summed E-state index contributed by atoms with van der Waals surface area (Å²) < 4.78 is 5.17. The number of likely N-dealkylation sites (tertiary alicyclic amines) is 2. The normalized spacial score (nSPS) is 17.5. The molecule has 0 bridgehead atoms. The molecule has 3 rings (SSSR count). The Morgan fingerprint density at radius 3 is 2.48 bits per heavy atom. The zero-order valence-electron chi connectivity index (χ0n) is 18.6. The lowest BCUT2D eigenvalue weighted by atomic mass is 9.97. The molecule has 2 heterocycles. The first-order valence-electron chi connectivity index (χ1n) is 11.2. The van der Waals surface area contributed by atoms with Crippen LogP contribution in [0.15, 0.2) is 29.3 Å². The van der Waals surface area contributed by atoms with E-state index in [9.17, 15) is 9.59 Å². The van der Waals surface area contributed by atoms with E-state index >= 15 is 0 Å². The van der Waals surface area contributed by atoms with Crippen LogP contribution < -0.4 is 5.32 Å². The maximum absolute atomic E-state index is 12.0. The average molecular weight is 542 g/mol. The Kier molecular flexibility index (Phi) is 10.6. The van der Waals surface area contributed by atoms with Crippen molar-refractivity contribution < 1.29 is 14.3 Å². The third kappa shape index (κ3) is 7.08. The van der Waals surface area contributed by atoms with Crippen molar-refractivity contribution in [1.82, 2.24) is 15.1 Å². The molecule has 0 atom stereocenters. The van der Waals surface area contributed by atoms with Gasteiger partial charge in [-0.3, -0.25) is 9.59 Å². The number of halogens is 1. The lowest BCUT2D eigenvalue weighted by Gasteiger charge is -2.33. The van der Waals surface area contributed by atoms with Crippen molar-refractivity contribution in [2.24, 2.45) is 10.9 Å². The van der Waals surface area contributed by atoms with Gasteiger partial charge in [0.2, 0.25) is 5.91 Å². The Labute approximate surface area is 202 Å². The number of esters is 1. The number of rotatable bonds is 7. The lowest BCUT2D eigenvalue weighted by Crippen LogP contribution is -2.46. The fourth-order valence-electron chi connectivity index (χ4n) is 4.12. The Morgan fingerprint density at radius 2 is 1.87 bits per heavy atom. The van der Waals surface area contributed by atoms with Gasteiger partial charge in [-0.15, -0.1) is 24.0 Å². The van der Waals surface area contributed by atoms with Gasteiger partial charge in [0.15, 0.2) is 5.96 Å². The number of benzene rings is 1. The smallest absolute Gasteiger partial charge is 0.309 e. The van der Waals surface area contributed by atoms with Crippen molar-refractivity contribution >= 4 is 41.8 Å². The third-order valence-corrected chi connectivity index (χ3v) is 5.80. The molecule has 2 fully saturated rings. The van der Waals surface area contributed by atoms with Crippen molar-refractivity contribution in [3.63, 3.8) is 0 Å². The van der Waals surface area contributed by atoms with Crippen LogP contribution in [0.25, 0.3) is 0 Å². The van der Waals surface area contributed by atoms with Crippen LogP contribution in [0.3, 0.4) is 0 Å². The zero-order chi connectivity index (χ0) is 21.3. The molecule has 0 aliphatic carbocycles. The summed E-state index contributed by atoms with van der Waals surface area (Å²) in [6.45, 7) is 8.79. The zero-order valence-corrected chi connectivity index (χ0v) is 21.0. The molecule has 0 unspecified atom stereocenters. The molecular formula is C23H35IN4O3. The number of amides is 1. The number of ether oxygens (including phenoxy) is 1. The van der Waals surface area contributed by atoms with Gasteiger partial charge in [0.05, 0.1) is 19.1 Å². The third-order valence-electron chi connectivity index (χ3n) is 5.80. The quantitative estimate of drug-likeness (QED) is 0.248. The van der Waals surface area contributed by atoms with Gasteiger partial charge in [0, 0.05) is 39.1 Å². The van der Waals surface area contributed by atoms with Gasteiger partial charge in [-0.25, -0.2) is 4.99 Å². The van der Waals surface area contributed by atoms with E-state index in [2.05, 4.69) is 29.3 Å². The van der Waals surface area contributed by atoms with Crippen LogP contribution in [0.5, 0.6) is 0 Å². The first-order chi connectivity index (χ1) is 14.6. The highest BCUT2D eigenvalue weighted by molar-refractivity contribution is 14.0. The fraction of sp³-hybridized carbons (Fsp3) is 0.609. The van der Waals surface area contributed by atoms with E-state index in [0.717, 1.165) is 62.5 Å². The number of hydrogen-bond donors (Lipinski definition) is 1. The predicted molar refractivity (Wildman–Crippen MR) is 132 cm³/mol. The molecule has 172 valence electrons. The molecule has 2 aliphatic rings. The standard InChI is InChI=1S/C23H34N4O3.HI/c1-3-24-23(26-14-11-18(12-15-26)22(29)30-4-2)25-16-19-8-5-6-9-20(19)17-27-13-7-10-21(27)28;/h5-6,8-9,18H,3-4,7,10-17H2,1-2H3,(H,24,25);1H. The monoisotopic (exact) mass is 542 g/mol. The summed E-state index contributed by atoms with van der Waals surface area (Å²) in [6, 6.07) is 8.23. The van der Waals surface area contributed by atoms with Crippen LogP contribution in [-0.2, 0) is 27.4 Å². The highest BCUT2D eigenvalue weighted by Gasteiger charge is 2.27. The second kappa shape index (κ2) is 12.9. The van der Waals surface area contributed by atoms with Gasteiger partial charge >= 0.3 is 5.97 Å². The molecule has 7 nitrogen and oxygen atoms in total. The Hall–Kier alpha value is -1.84. The molecule has 1 aromatic carbocycles. The van der Waals surface area contributed by atoms with Crippen LogP contribution in [0.4, 0.5) is 0 Å². The molecule has 0 spiro atoms. The van der Waals surface area contributed by atoms with Gasteiger partial charge < -0.3 is 19.9 Å². The van der Waals surface area contributed by atoms with Crippen molar-refractivity contribution in [3.8, 4) is 0 Å². The summed E-state index contributed by atoms with van der Waals surface area (Å²) >= 11 is 0. The summed E-state index contributed by atoms with van der Waals surface area (Å²) in [4.78, 5) is 33.1. The average Bonchev–Trinajstić information content (AvgIpc) is 3.17. The lowest BCUT2D eigenvalue weighted by molar-refractivity contribution is -0.149. The van der Waals surface area contributed by atoms with Crippen molar-refractivity contribution in [1.29, 1.82) is 0 Å². The SMILES string of the molecule is CCNC(=NCc1ccccc1CN1CCCC1=O)N1CCC(C(=O)OCC)CC1.I. The highest BCUT2D eigenvalue weighted by atomic mass is 127. The Morgan fingerprint density at radius 1 is 1.16 bits per heavy atom. The number of carbonyl (C=O) groups is 2. The molecule has 1 aromatic rings. The molecule has 0 aromatic heterocycles. The van der Waals surface area contributed by atoms with Crippen LogP contribution in [-0.4, -0.2) is 60.4 Å². The first kappa shape index (κ1) is 25.4. The largest absolute Gasteiger partial charge is 0.466 e. The summed E-state index contributed by atoms with van der Waals surface area (Å²) in [7, 11) is 0. The summed E-state index contributed by atoms with van der Waals surface area (Å²) in [5.74, 6) is 1.03. The van der Waals surface area contributed by atoms with E-state index in [1.807, 2.05) is 24.0 Å². The molecular weight excluding hydrogens is 507 g/mol. The minimum Gasteiger partial charge on any atom is -0.466 e. The van der Waals surface area contributed by atoms with Crippen molar-refractivity contribution in [2.75, 3.05) is 32.8 Å². The van der Waals surface area contributed by atoms with E-state index in [-0.39, 0.29) is 41.8 Å². The first-order valence-corrected chi connectivity index (χ1v) is 11.2. The Bertz CT molecular complexity index is 763. The number of nitrogens with one attached hydrogen (secondary N) is 1. The van der Waals surface area contributed by atoms with E-state index in [1.54, 1.807) is 0 Å². The highest BCUT2D eigenvalue weighted by Crippen LogP contribution is 2.20. The second-order valence-corrected chi connectivity index (χ2v) is 7.87. The second-order valence-electron chi connectivity index (χ2n) is 7.87. The van der Waals surface area contributed by atoms with E-state index in [1.165, 1.54) is 0 Å². The molecule has 2 saturated heterocycles. The number of nitrogens with zero attached hydrogens (tertiary/aromatic N) is 3. The molecule has 0 saturated carbocycles. The van der Waals surface area contributed by atoms with Crippen molar-refractivity contribution in [2.45, 2.75) is 52.6 Å². The molecule has 1 amide bonds. The predicted octanol–water partition coefficient (Wildman–Crippen LogP) is 3.17. The van der Waals surface area contributed by atoms with Gasteiger partial charge in [-0.1, -0.05) is 24.3 Å². The number of hydrogen-bond acceptors (Lipinski definition) is 4. The van der Waals surface area contributed by atoms with Crippen LogP contribution in [0, 0.1) is 5.92 Å². The maximum atomic E-state index is 12.0. The van der Waals surface area contributed by atoms with Crippen LogP contribution in [0.1, 0.15) is 50.7 Å². The van der Waals surface area contributed by atoms with Gasteiger partial charge in [0.1, 0.15) is 0 Å². The molecule has 31 heavy (non-hydrogen) atoms. The molecule has 0 radical (unpaired) electrons. The summed E-state index contributed by atoms with van der Waals surface area (Å²) in [5, 5.41) is 3.39. The van der Waals surface area contributed by atoms with Crippen molar-refractivity contribution in [3.05, 3.63) is 35.4 Å². The van der Waals surface area contributed by atoms with Crippen LogP contribution >= 0.6 is 24.0 Å². The number of piperidine rings is 1. The van der Waals surface area contributed by atoms with E-state index in [0.29, 0.717) is 26.1 Å². The van der Waals surface area contributed by atoms with Gasteiger partial charge in [-0.2, -0.15) is 0 Å². The number of aliphatic imine (C=N–C) groups is 1. The van der Waals surface area contributed by atoms with E-state index in [4.69, 9.17) is 9.73 Å². The van der Waals surface area contributed by atoms with Gasteiger partial charge in [0.25, 0.3) is 0 Å². The number of guanidine groups is 1. The molecule has 8 heteroatoms.